The minimum Gasteiger partial charge on any atom is -0.348 e. The van der Waals surface area contributed by atoms with Crippen LogP contribution in [-0.4, -0.2) is 23.9 Å². The van der Waals surface area contributed by atoms with E-state index in [1.54, 1.807) is 18.2 Å². The maximum atomic E-state index is 12.3. The first kappa shape index (κ1) is 13.1. The van der Waals surface area contributed by atoms with Crippen LogP contribution in [0.5, 0.6) is 0 Å². The number of fused-ring (bicyclic) bond motifs is 1. The van der Waals surface area contributed by atoms with Gasteiger partial charge in [0.25, 0.3) is 5.91 Å². The van der Waals surface area contributed by atoms with Crippen LogP contribution in [0.4, 0.5) is 5.69 Å². The van der Waals surface area contributed by atoms with Crippen LogP contribution in [0, 0.1) is 0 Å². The second-order valence-corrected chi connectivity index (χ2v) is 5.63. The van der Waals surface area contributed by atoms with Crippen molar-refractivity contribution in [2.45, 2.75) is 44.2 Å². The van der Waals surface area contributed by atoms with E-state index < -0.39 is 0 Å². The Balaban J connectivity index is 1.71. The molecular weight excluding hydrogens is 254 g/mol. The fourth-order valence-corrected chi connectivity index (χ4v) is 2.96. The van der Waals surface area contributed by atoms with Crippen molar-refractivity contribution < 1.29 is 9.59 Å². The number of carbonyl (C=O) groups is 2. The molecule has 2 atom stereocenters. The third-order valence-electron chi connectivity index (χ3n) is 4.13. The van der Waals surface area contributed by atoms with Crippen LogP contribution in [0.25, 0.3) is 0 Å². The van der Waals surface area contributed by atoms with E-state index in [0.29, 0.717) is 12.0 Å². The van der Waals surface area contributed by atoms with Crippen molar-refractivity contribution in [2.75, 3.05) is 5.32 Å². The smallest absolute Gasteiger partial charge is 0.251 e. The molecule has 1 aliphatic heterocycles. The minimum atomic E-state index is -0.102. The summed E-state index contributed by atoms with van der Waals surface area (Å²) in [5.41, 5.74) is 8.33. The number of carbonyl (C=O) groups excluding carboxylic acids is 2. The molecule has 2 amide bonds. The van der Waals surface area contributed by atoms with E-state index in [0.717, 1.165) is 36.9 Å². The van der Waals surface area contributed by atoms with Gasteiger partial charge >= 0.3 is 0 Å². The van der Waals surface area contributed by atoms with Crippen LogP contribution in [0.15, 0.2) is 18.2 Å². The number of hydrogen-bond acceptors (Lipinski definition) is 3. The van der Waals surface area contributed by atoms with Crippen LogP contribution in [0.3, 0.4) is 0 Å². The zero-order valence-corrected chi connectivity index (χ0v) is 11.3. The predicted molar refractivity (Wildman–Crippen MR) is 76.5 cm³/mol. The van der Waals surface area contributed by atoms with Crippen LogP contribution < -0.4 is 16.4 Å². The van der Waals surface area contributed by atoms with Gasteiger partial charge in [0, 0.05) is 23.3 Å². The first-order valence-electron chi connectivity index (χ1n) is 7.13. The van der Waals surface area contributed by atoms with E-state index in [9.17, 15) is 9.59 Å². The number of rotatable bonds is 2. The highest BCUT2D eigenvalue weighted by Gasteiger charge is 2.24. The zero-order chi connectivity index (χ0) is 14.1. The van der Waals surface area contributed by atoms with E-state index in [1.807, 2.05) is 0 Å². The van der Waals surface area contributed by atoms with Crippen LogP contribution in [-0.2, 0) is 11.2 Å². The topological polar surface area (TPSA) is 84.2 Å². The SMILES string of the molecule is NC1CCCCC1NC(=O)c1ccc2c(c1)CC(=O)N2. The molecule has 0 spiro atoms. The lowest BCUT2D eigenvalue weighted by atomic mass is 9.91. The van der Waals surface area contributed by atoms with Gasteiger partial charge in [0.2, 0.25) is 5.91 Å². The molecule has 4 N–H and O–H groups in total. The fourth-order valence-electron chi connectivity index (χ4n) is 2.96. The number of nitrogens with one attached hydrogen (secondary N) is 2. The first-order valence-corrected chi connectivity index (χ1v) is 7.13. The molecule has 5 nitrogen and oxygen atoms in total. The summed E-state index contributed by atoms with van der Waals surface area (Å²) in [6.45, 7) is 0. The Bertz CT molecular complexity index is 556. The van der Waals surface area contributed by atoms with Gasteiger partial charge in [0.1, 0.15) is 0 Å². The van der Waals surface area contributed by atoms with Crippen LogP contribution >= 0.6 is 0 Å². The molecule has 1 aliphatic carbocycles. The molecule has 1 aromatic carbocycles. The quantitative estimate of drug-likeness (QED) is 0.756. The molecule has 1 fully saturated rings. The van der Waals surface area contributed by atoms with Gasteiger partial charge in [-0.2, -0.15) is 0 Å². The molecule has 0 bridgehead atoms. The lowest BCUT2D eigenvalue weighted by Gasteiger charge is -2.29. The third-order valence-corrected chi connectivity index (χ3v) is 4.13. The van der Waals surface area contributed by atoms with Crippen LogP contribution in [0.2, 0.25) is 0 Å². The molecule has 1 saturated carbocycles. The zero-order valence-electron chi connectivity index (χ0n) is 11.3. The van der Waals surface area contributed by atoms with Crippen LogP contribution in [0.1, 0.15) is 41.6 Å². The predicted octanol–water partition coefficient (Wildman–Crippen LogP) is 1.18. The van der Waals surface area contributed by atoms with Gasteiger partial charge < -0.3 is 16.4 Å². The van der Waals surface area contributed by atoms with Gasteiger partial charge in [0.05, 0.1) is 6.42 Å². The fraction of sp³-hybridized carbons (Fsp3) is 0.467. The summed E-state index contributed by atoms with van der Waals surface area (Å²) in [6, 6.07) is 5.43. The molecule has 0 radical (unpaired) electrons. The van der Waals surface area contributed by atoms with Crippen molar-refractivity contribution in [2.24, 2.45) is 5.73 Å². The number of anilines is 1. The summed E-state index contributed by atoms with van der Waals surface area (Å²) in [7, 11) is 0. The second kappa shape index (κ2) is 5.25. The van der Waals surface area contributed by atoms with Crippen molar-refractivity contribution in [1.29, 1.82) is 0 Å². The standard InChI is InChI=1S/C15H19N3O2/c16-11-3-1-2-4-13(11)18-15(20)9-5-6-12-10(7-9)8-14(19)17-12/h5-7,11,13H,1-4,8,16H2,(H,17,19)(H,18,20). The highest BCUT2D eigenvalue weighted by molar-refractivity contribution is 6.01. The number of nitrogens with two attached hydrogens (primary N) is 1. The van der Waals surface area contributed by atoms with Gasteiger partial charge in [-0.1, -0.05) is 12.8 Å². The Hall–Kier alpha value is -1.88. The first-order chi connectivity index (χ1) is 9.63. The average Bonchev–Trinajstić information content (AvgIpc) is 2.80. The molecule has 20 heavy (non-hydrogen) atoms. The Morgan fingerprint density at radius 3 is 2.90 bits per heavy atom. The van der Waals surface area contributed by atoms with Crippen molar-refractivity contribution >= 4 is 17.5 Å². The highest BCUT2D eigenvalue weighted by Crippen LogP contribution is 2.24. The second-order valence-electron chi connectivity index (χ2n) is 5.63. The van der Waals surface area contributed by atoms with Gasteiger partial charge in [-0.15, -0.1) is 0 Å². The molecule has 1 aromatic rings. The lowest BCUT2D eigenvalue weighted by molar-refractivity contribution is -0.115. The summed E-state index contributed by atoms with van der Waals surface area (Å²) in [5, 5.41) is 5.78. The molecule has 2 aliphatic rings. The Labute approximate surface area is 117 Å². The van der Waals surface area contributed by atoms with Gasteiger partial charge in [0.15, 0.2) is 0 Å². The third kappa shape index (κ3) is 2.54. The van der Waals surface area contributed by atoms with E-state index in [2.05, 4.69) is 10.6 Å². The summed E-state index contributed by atoms with van der Waals surface area (Å²) < 4.78 is 0. The van der Waals surface area contributed by atoms with E-state index >= 15 is 0 Å². The molecule has 3 rings (SSSR count). The highest BCUT2D eigenvalue weighted by atomic mass is 16.2. The summed E-state index contributed by atoms with van der Waals surface area (Å²) in [5.74, 6) is -0.124. The van der Waals surface area contributed by atoms with E-state index in [1.165, 1.54) is 0 Å². The molecule has 2 unspecified atom stereocenters. The normalized spacial score (nSPS) is 24.9. The Kier molecular flexibility index (Phi) is 3.44. The van der Waals surface area contributed by atoms with Gasteiger partial charge in [-0.3, -0.25) is 9.59 Å². The van der Waals surface area contributed by atoms with Crippen molar-refractivity contribution in [3.63, 3.8) is 0 Å². The van der Waals surface area contributed by atoms with Crippen molar-refractivity contribution in [1.82, 2.24) is 5.32 Å². The van der Waals surface area contributed by atoms with Gasteiger partial charge in [-0.05, 0) is 36.6 Å². The molecule has 5 heteroatoms. The number of hydrogen-bond donors (Lipinski definition) is 3. The summed E-state index contributed by atoms with van der Waals surface area (Å²) in [4.78, 5) is 23.6. The summed E-state index contributed by atoms with van der Waals surface area (Å²) >= 11 is 0. The van der Waals surface area contributed by atoms with E-state index in [4.69, 9.17) is 5.73 Å². The Morgan fingerprint density at radius 1 is 1.30 bits per heavy atom. The lowest BCUT2D eigenvalue weighted by Crippen LogP contribution is -2.49. The summed E-state index contributed by atoms with van der Waals surface area (Å²) in [6.07, 6.45) is 4.51. The minimum absolute atomic E-state index is 0.0214. The average molecular weight is 273 g/mol. The van der Waals surface area contributed by atoms with Crippen molar-refractivity contribution in [3.8, 4) is 0 Å². The molecule has 1 heterocycles. The molecule has 106 valence electrons. The van der Waals surface area contributed by atoms with Gasteiger partial charge in [-0.25, -0.2) is 0 Å². The molecule has 0 saturated heterocycles. The number of benzene rings is 1. The maximum Gasteiger partial charge on any atom is 0.251 e. The number of amides is 2. The Morgan fingerprint density at radius 2 is 2.10 bits per heavy atom. The largest absolute Gasteiger partial charge is 0.348 e. The van der Waals surface area contributed by atoms with E-state index in [-0.39, 0.29) is 23.9 Å². The van der Waals surface area contributed by atoms with Crippen molar-refractivity contribution in [3.05, 3.63) is 29.3 Å². The molecular formula is C15H19N3O2. The maximum absolute atomic E-state index is 12.3. The molecule has 0 aromatic heterocycles. The monoisotopic (exact) mass is 273 g/mol.